The van der Waals surface area contributed by atoms with Crippen molar-refractivity contribution >= 4 is 11.6 Å². The molecule has 0 saturated heterocycles. The maximum Gasteiger partial charge on any atom is 0.257 e. The van der Waals surface area contributed by atoms with Gasteiger partial charge < -0.3 is 19.7 Å². The van der Waals surface area contributed by atoms with Crippen LogP contribution in [0, 0.1) is 0 Å². The van der Waals surface area contributed by atoms with Crippen molar-refractivity contribution in [3.05, 3.63) is 18.0 Å². The number of unbranched alkanes of at least 4 members (excludes halogenated alkanes) is 2. The minimum Gasteiger partial charge on any atom is -0.496 e. The number of aromatic nitrogens is 3. The zero-order chi connectivity index (χ0) is 19.8. The van der Waals surface area contributed by atoms with Gasteiger partial charge in [-0.25, -0.2) is 15.0 Å². The molecule has 2 aromatic rings. The van der Waals surface area contributed by atoms with Crippen molar-refractivity contribution < 1.29 is 9.47 Å². The lowest BCUT2D eigenvalue weighted by Crippen LogP contribution is -2.11. The van der Waals surface area contributed by atoms with Crippen LogP contribution in [0.15, 0.2) is 12.3 Å². The van der Waals surface area contributed by atoms with Gasteiger partial charge in [-0.15, -0.1) is 0 Å². The Kier molecular flexibility index (Phi) is 7.64. The summed E-state index contributed by atoms with van der Waals surface area (Å²) in [6.45, 7) is 4.87. The summed E-state index contributed by atoms with van der Waals surface area (Å²) >= 11 is 0. The van der Waals surface area contributed by atoms with Gasteiger partial charge in [0.05, 0.1) is 30.7 Å². The van der Waals surface area contributed by atoms with Gasteiger partial charge in [-0.2, -0.15) is 0 Å². The summed E-state index contributed by atoms with van der Waals surface area (Å²) in [5.41, 5.74) is 2.44. The van der Waals surface area contributed by atoms with E-state index in [1.165, 1.54) is 0 Å². The monoisotopic (exact) mass is 373 g/mol. The second-order valence-corrected chi connectivity index (χ2v) is 6.47. The lowest BCUT2D eigenvalue weighted by molar-refractivity contribution is 0.294. The smallest absolute Gasteiger partial charge is 0.257 e. The Bertz CT molecular complexity index is 749. The number of hydrogen-bond donors (Lipinski definition) is 1. The Labute approximate surface area is 162 Å². The zero-order valence-electron chi connectivity index (χ0n) is 17.3. The van der Waals surface area contributed by atoms with Crippen LogP contribution < -0.4 is 19.7 Å². The number of nitrogens with one attached hydrogen (secondary N) is 1. The molecule has 7 nitrogen and oxygen atoms in total. The van der Waals surface area contributed by atoms with E-state index in [2.05, 4.69) is 24.1 Å². The van der Waals surface area contributed by atoms with Gasteiger partial charge >= 0.3 is 0 Å². The van der Waals surface area contributed by atoms with Crippen LogP contribution in [0.4, 0.5) is 11.6 Å². The van der Waals surface area contributed by atoms with E-state index in [-0.39, 0.29) is 0 Å². The molecule has 148 valence electrons. The molecule has 2 rings (SSSR count). The van der Waals surface area contributed by atoms with E-state index in [1.807, 2.05) is 32.1 Å². The highest BCUT2D eigenvalue weighted by Crippen LogP contribution is 2.35. The van der Waals surface area contributed by atoms with Crippen LogP contribution in [-0.4, -0.2) is 49.8 Å². The van der Waals surface area contributed by atoms with Gasteiger partial charge in [0.25, 0.3) is 5.88 Å². The van der Waals surface area contributed by atoms with Crippen LogP contribution in [0.2, 0.25) is 0 Å². The molecule has 0 bridgehead atoms. The maximum atomic E-state index is 5.88. The highest BCUT2D eigenvalue weighted by atomic mass is 16.5. The summed E-state index contributed by atoms with van der Waals surface area (Å²) in [7, 11) is 7.37. The van der Waals surface area contributed by atoms with Crippen LogP contribution >= 0.6 is 0 Å². The Morgan fingerprint density at radius 3 is 2.52 bits per heavy atom. The molecule has 0 aliphatic heterocycles. The molecule has 0 saturated carbocycles. The largest absolute Gasteiger partial charge is 0.496 e. The zero-order valence-corrected chi connectivity index (χ0v) is 17.3. The van der Waals surface area contributed by atoms with Crippen LogP contribution in [0.3, 0.4) is 0 Å². The van der Waals surface area contributed by atoms with E-state index in [4.69, 9.17) is 19.4 Å². The second kappa shape index (κ2) is 9.94. The van der Waals surface area contributed by atoms with Crippen LogP contribution in [0.1, 0.15) is 38.8 Å². The molecule has 1 N–H and O–H groups in total. The molecule has 0 radical (unpaired) electrons. The van der Waals surface area contributed by atoms with Gasteiger partial charge in [0.2, 0.25) is 0 Å². The summed E-state index contributed by atoms with van der Waals surface area (Å²) in [5.74, 6) is 2.71. The minimum atomic E-state index is 0.547. The fraction of sp³-hybridized carbons (Fsp3) is 0.550. The number of aryl methyl sites for hydroxylation is 1. The summed E-state index contributed by atoms with van der Waals surface area (Å²) in [4.78, 5) is 16.0. The Hall–Kier alpha value is -2.57. The summed E-state index contributed by atoms with van der Waals surface area (Å²) in [6, 6.07) is 1.91. The van der Waals surface area contributed by atoms with Crippen LogP contribution in [0.5, 0.6) is 11.6 Å². The number of nitrogens with zero attached hydrogens (tertiary/aromatic N) is 4. The number of anilines is 2. The van der Waals surface area contributed by atoms with Crippen molar-refractivity contribution in [2.75, 3.05) is 45.1 Å². The quantitative estimate of drug-likeness (QED) is 0.635. The van der Waals surface area contributed by atoms with Gasteiger partial charge in [-0.1, -0.05) is 26.7 Å². The van der Waals surface area contributed by atoms with E-state index >= 15 is 0 Å². The SMILES string of the molecule is CCCCCOc1nc(CC)c(-c2cnc(N(C)C)cc2OC)nc1NC. The van der Waals surface area contributed by atoms with E-state index in [0.29, 0.717) is 18.3 Å². The Morgan fingerprint density at radius 1 is 1.15 bits per heavy atom. The average Bonchev–Trinajstić information content (AvgIpc) is 2.70. The summed E-state index contributed by atoms with van der Waals surface area (Å²) in [5, 5.41) is 3.10. The standard InChI is InChI=1S/C20H31N5O2/c1-7-9-10-11-27-20-19(21-3)24-18(15(8-2)23-20)14-13-22-17(25(4)5)12-16(14)26-6/h12-13H,7-11H2,1-6H3,(H,21,24). The molecule has 0 aromatic carbocycles. The predicted octanol–water partition coefficient (Wildman–Crippen LogP) is 3.79. The van der Waals surface area contributed by atoms with Crippen LogP contribution in [0.25, 0.3) is 11.3 Å². The molecule has 0 atom stereocenters. The predicted molar refractivity (Wildman–Crippen MR) is 110 cm³/mol. The summed E-state index contributed by atoms with van der Waals surface area (Å²) in [6.07, 6.45) is 5.83. The van der Waals surface area contributed by atoms with Crippen molar-refractivity contribution in [1.29, 1.82) is 0 Å². The molecule has 2 heterocycles. The normalized spacial score (nSPS) is 10.6. The third kappa shape index (κ3) is 4.99. The van der Waals surface area contributed by atoms with E-state index in [0.717, 1.165) is 54.2 Å². The highest BCUT2D eigenvalue weighted by molar-refractivity contribution is 5.72. The first-order chi connectivity index (χ1) is 13.0. The van der Waals surface area contributed by atoms with Gasteiger partial charge in [-0.05, 0) is 12.8 Å². The number of hydrogen-bond acceptors (Lipinski definition) is 7. The number of ether oxygens (including phenoxy) is 2. The molecule has 27 heavy (non-hydrogen) atoms. The molecule has 0 amide bonds. The van der Waals surface area contributed by atoms with Crippen molar-refractivity contribution in [3.63, 3.8) is 0 Å². The second-order valence-electron chi connectivity index (χ2n) is 6.47. The fourth-order valence-corrected chi connectivity index (χ4v) is 2.72. The first-order valence-corrected chi connectivity index (χ1v) is 9.48. The molecule has 0 spiro atoms. The van der Waals surface area contributed by atoms with Gasteiger partial charge in [0.15, 0.2) is 5.82 Å². The van der Waals surface area contributed by atoms with Crippen molar-refractivity contribution in [1.82, 2.24) is 15.0 Å². The molecule has 0 aliphatic rings. The molecule has 2 aromatic heterocycles. The minimum absolute atomic E-state index is 0.547. The number of rotatable bonds is 10. The Balaban J connectivity index is 2.44. The first-order valence-electron chi connectivity index (χ1n) is 9.48. The number of pyridine rings is 1. The van der Waals surface area contributed by atoms with E-state index in [1.54, 1.807) is 13.3 Å². The van der Waals surface area contributed by atoms with Crippen LogP contribution in [-0.2, 0) is 6.42 Å². The molecule has 0 aliphatic carbocycles. The van der Waals surface area contributed by atoms with Crippen molar-refractivity contribution in [2.45, 2.75) is 39.5 Å². The fourth-order valence-electron chi connectivity index (χ4n) is 2.72. The topological polar surface area (TPSA) is 72.4 Å². The molecular formula is C20H31N5O2. The van der Waals surface area contributed by atoms with E-state index < -0.39 is 0 Å². The van der Waals surface area contributed by atoms with Gasteiger partial charge in [0.1, 0.15) is 11.6 Å². The maximum absolute atomic E-state index is 5.88. The van der Waals surface area contributed by atoms with Crippen molar-refractivity contribution in [3.8, 4) is 22.9 Å². The third-order valence-corrected chi connectivity index (χ3v) is 4.28. The lowest BCUT2D eigenvalue weighted by atomic mass is 10.1. The third-order valence-electron chi connectivity index (χ3n) is 4.28. The van der Waals surface area contributed by atoms with Gasteiger partial charge in [-0.3, -0.25) is 0 Å². The highest BCUT2D eigenvalue weighted by Gasteiger charge is 2.19. The Morgan fingerprint density at radius 2 is 1.93 bits per heavy atom. The molecule has 0 unspecified atom stereocenters. The summed E-state index contributed by atoms with van der Waals surface area (Å²) < 4.78 is 11.5. The van der Waals surface area contributed by atoms with Gasteiger partial charge in [0, 0.05) is 33.4 Å². The molecular weight excluding hydrogens is 342 g/mol. The number of methoxy groups -OCH3 is 1. The first kappa shape index (κ1) is 20.7. The molecule has 0 fully saturated rings. The molecule has 7 heteroatoms. The van der Waals surface area contributed by atoms with Crippen molar-refractivity contribution in [2.24, 2.45) is 0 Å². The lowest BCUT2D eigenvalue weighted by Gasteiger charge is -2.17. The average molecular weight is 374 g/mol. The van der Waals surface area contributed by atoms with E-state index in [9.17, 15) is 0 Å².